The fourth-order valence-electron chi connectivity index (χ4n) is 6.54. The number of carbonyl (C=O) groups excluding carboxylic acids is 1. The number of carbonyl (C=O) groups is 1. The number of hydrogen-bond acceptors (Lipinski definition) is 4. The Kier molecular flexibility index (Phi) is 9.46. The molecule has 5 rings (SSSR count). The summed E-state index contributed by atoms with van der Waals surface area (Å²) in [7, 11) is 4.32. The lowest BCUT2D eigenvalue weighted by molar-refractivity contribution is -0.134. The van der Waals surface area contributed by atoms with Crippen LogP contribution in [0.4, 0.5) is 0 Å². The first-order valence-corrected chi connectivity index (χ1v) is 14.6. The number of nitrogens with zero attached hydrogens (tertiary/aromatic N) is 4. The summed E-state index contributed by atoms with van der Waals surface area (Å²) in [6.07, 6.45) is 3.62. The molecular formula is C34H44N4O. The van der Waals surface area contributed by atoms with Crippen molar-refractivity contribution in [2.45, 2.75) is 31.3 Å². The molecule has 2 fully saturated rings. The van der Waals surface area contributed by atoms with Crippen LogP contribution in [-0.2, 0) is 11.2 Å². The number of hydrogen-bond donors (Lipinski definition) is 0. The summed E-state index contributed by atoms with van der Waals surface area (Å²) >= 11 is 0. The Balaban J connectivity index is 1.22. The Morgan fingerprint density at radius 3 is 1.82 bits per heavy atom. The molecule has 39 heavy (non-hydrogen) atoms. The number of likely N-dealkylation sites (N-methyl/N-ethyl adjacent to an activating group) is 1. The molecule has 5 nitrogen and oxygen atoms in total. The van der Waals surface area contributed by atoms with E-state index in [9.17, 15) is 4.79 Å². The van der Waals surface area contributed by atoms with Crippen molar-refractivity contribution in [3.63, 3.8) is 0 Å². The van der Waals surface area contributed by atoms with E-state index in [1.54, 1.807) is 0 Å². The van der Waals surface area contributed by atoms with Crippen molar-refractivity contribution < 1.29 is 4.79 Å². The van der Waals surface area contributed by atoms with Gasteiger partial charge in [0.25, 0.3) is 0 Å². The average Bonchev–Trinajstić information content (AvgIpc) is 2.98. The van der Waals surface area contributed by atoms with Crippen LogP contribution in [0, 0.1) is 5.92 Å². The van der Waals surface area contributed by atoms with Gasteiger partial charge in [0.1, 0.15) is 0 Å². The van der Waals surface area contributed by atoms with Gasteiger partial charge in [-0.1, -0.05) is 91.0 Å². The molecule has 0 aromatic heterocycles. The van der Waals surface area contributed by atoms with Crippen molar-refractivity contribution in [3.8, 4) is 0 Å². The molecule has 0 aliphatic carbocycles. The van der Waals surface area contributed by atoms with Gasteiger partial charge in [-0.25, -0.2) is 0 Å². The van der Waals surface area contributed by atoms with E-state index < -0.39 is 0 Å². The summed E-state index contributed by atoms with van der Waals surface area (Å²) in [5, 5.41) is 0. The second-order valence-corrected chi connectivity index (χ2v) is 11.5. The molecule has 0 saturated carbocycles. The van der Waals surface area contributed by atoms with Crippen molar-refractivity contribution in [3.05, 3.63) is 108 Å². The van der Waals surface area contributed by atoms with Crippen LogP contribution in [0.5, 0.6) is 0 Å². The molecule has 5 heteroatoms. The van der Waals surface area contributed by atoms with Crippen molar-refractivity contribution in [2.24, 2.45) is 5.92 Å². The van der Waals surface area contributed by atoms with Gasteiger partial charge in [-0.2, -0.15) is 0 Å². The van der Waals surface area contributed by atoms with Gasteiger partial charge in [-0.15, -0.1) is 0 Å². The third-order valence-electron chi connectivity index (χ3n) is 8.79. The lowest BCUT2D eigenvalue weighted by Gasteiger charge is -2.44. The highest BCUT2D eigenvalue weighted by Gasteiger charge is 2.33. The van der Waals surface area contributed by atoms with E-state index in [0.29, 0.717) is 18.5 Å². The van der Waals surface area contributed by atoms with E-state index in [0.717, 1.165) is 32.6 Å². The lowest BCUT2D eigenvalue weighted by Crippen LogP contribution is -2.56. The first-order valence-electron chi connectivity index (χ1n) is 14.6. The molecule has 1 amide bonds. The summed E-state index contributed by atoms with van der Waals surface area (Å²) in [5.74, 6) is 0.945. The van der Waals surface area contributed by atoms with Crippen LogP contribution in [0.15, 0.2) is 91.0 Å². The standard InChI is InChI=1S/C34H44N4O/c1-35-20-18-29(19-21-35)32(26-28-12-6-3-7-13-28)37-22-24-38(25-23-37)33(39)27-36(2)34(30-14-8-4-9-15-30)31-16-10-5-11-17-31/h3-17,29,32,34H,18-27H2,1-2H3. The van der Waals surface area contributed by atoms with Gasteiger partial charge in [0, 0.05) is 32.2 Å². The zero-order chi connectivity index (χ0) is 27.0. The maximum Gasteiger partial charge on any atom is 0.236 e. The first kappa shape index (κ1) is 27.6. The van der Waals surface area contributed by atoms with Crippen molar-refractivity contribution >= 4 is 5.91 Å². The van der Waals surface area contributed by atoms with Gasteiger partial charge in [0.05, 0.1) is 12.6 Å². The van der Waals surface area contributed by atoms with E-state index in [-0.39, 0.29) is 11.9 Å². The average molecular weight is 525 g/mol. The minimum absolute atomic E-state index is 0.0531. The van der Waals surface area contributed by atoms with E-state index in [4.69, 9.17) is 0 Å². The summed E-state index contributed by atoms with van der Waals surface area (Å²) in [6.45, 7) is 6.32. The lowest BCUT2D eigenvalue weighted by atomic mass is 9.84. The molecule has 0 N–H and O–H groups in total. The highest BCUT2D eigenvalue weighted by molar-refractivity contribution is 5.78. The third-order valence-corrected chi connectivity index (χ3v) is 8.79. The SMILES string of the molecule is CN1CCC(C(Cc2ccccc2)N2CCN(C(=O)CN(C)C(c3ccccc3)c3ccccc3)CC2)CC1. The van der Waals surface area contributed by atoms with E-state index in [1.165, 1.54) is 42.6 Å². The summed E-state index contributed by atoms with van der Waals surface area (Å²) < 4.78 is 0. The fraction of sp³-hybridized carbons (Fsp3) is 0.441. The van der Waals surface area contributed by atoms with Crippen LogP contribution in [0.1, 0.15) is 35.6 Å². The number of rotatable bonds is 9. The Hall–Kier alpha value is -2.99. The second-order valence-electron chi connectivity index (χ2n) is 11.5. The quantitative estimate of drug-likeness (QED) is 0.402. The van der Waals surface area contributed by atoms with Gasteiger partial charge in [0.15, 0.2) is 0 Å². The number of piperazine rings is 1. The highest BCUT2D eigenvalue weighted by atomic mass is 16.2. The maximum absolute atomic E-state index is 13.5. The van der Waals surface area contributed by atoms with Gasteiger partial charge in [-0.05, 0) is 69.1 Å². The van der Waals surface area contributed by atoms with Crippen molar-refractivity contribution in [1.82, 2.24) is 19.6 Å². The van der Waals surface area contributed by atoms with Gasteiger partial charge >= 0.3 is 0 Å². The third kappa shape index (κ3) is 7.16. The molecule has 1 unspecified atom stereocenters. The number of amides is 1. The molecule has 2 aliphatic rings. The zero-order valence-electron chi connectivity index (χ0n) is 23.7. The Labute approximate surface area is 235 Å². The number of likely N-dealkylation sites (tertiary alicyclic amines) is 1. The molecular weight excluding hydrogens is 480 g/mol. The number of piperidine rings is 1. The summed E-state index contributed by atoms with van der Waals surface area (Å²) in [4.78, 5) is 23.0. The van der Waals surface area contributed by atoms with E-state index >= 15 is 0 Å². The minimum Gasteiger partial charge on any atom is -0.339 e. The Morgan fingerprint density at radius 2 is 1.28 bits per heavy atom. The van der Waals surface area contributed by atoms with Crippen molar-refractivity contribution in [2.75, 3.05) is 59.9 Å². The van der Waals surface area contributed by atoms with Crippen LogP contribution in [0.25, 0.3) is 0 Å². The van der Waals surface area contributed by atoms with Crippen LogP contribution in [0.3, 0.4) is 0 Å². The molecule has 1 atom stereocenters. The first-order chi connectivity index (χ1) is 19.1. The molecule has 2 saturated heterocycles. The molecule has 2 aliphatic heterocycles. The zero-order valence-corrected chi connectivity index (χ0v) is 23.7. The maximum atomic E-state index is 13.5. The van der Waals surface area contributed by atoms with E-state index in [2.05, 4.69) is 113 Å². The molecule has 0 spiro atoms. The smallest absolute Gasteiger partial charge is 0.236 e. The normalized spacial score (nSPS) is 18.5. The minimum atomic E-state index is 0.0531. The van der Waals surface area contributed by atoms with Gasteiger partial charge < -0.3 is 9.80 Å². The molecule has 3 aromatic carbocycles. The second kappa shape index (κ2) is 13.4. The molecule has 0 bridgehead atoms. The van der Waals surface area contributed by atoms with Crippen LogP contribution >= 0.6 is 0 Å². The Morgan fingerprint density at radius 1 is 0.769 bits per heavy atom. The molecule has 0 radical (unpaired) electrons. The molecule has 2 heterocycles. The summed E-state index contributed by atoms with van der Waals surface area (Å²) in [6, 6.07) is 32.6. The fourth-order valence-corrected chi connectivity index (χ4v) is 6.54. The highest BCUT2D eigenvalue weighted by Crippen LogP contribution is 2.29. The van der Waals surface area contributed by atoms with Crippen LogP contribution in [-0.4, -0.2) is 91.5 Å². The Bertz CT molecular complexity index is 1100. The predicted molar refractivity (Wildman–Crippen MR) is 160 cm³/mol. The van der Waals surface area contributed by atoms with Crippen molar-refractivity contribution in [1.29, 1.82) is 0 Å². The largest absolute Gasteiger partial charge is 0.339 e. The topological polar surface area (TPSA) is 30.0 Å². The monoisotopic (exact) mass is 524 g/mol. The summed E-state index contributed by atoms with van der Waals surface area (Å²) in [5.41, 5.74) is 3.85. The van der Waals surface area contributed by atoms with Gasteiger partial charge in [-0.3, -0.25) is 14.6 Å². The predicted octanol–water partition coefficient (Wildman–Crippen LogP) is 4.81. The molecule has 206 valence electrons. The van der Waals surface area contributed by atoms with Crippen LogP contribution < -0.4 is 0 Å². The van der Waals surface area contributed by atoms with E-state index in [1.807, 2.05) is 12.1 Å². The van der Waals surface area contributed by atoms with Crippen LogP contribution in [0.2, 0.25) is 0 Å². The number of benzene rings is 3. The molecule has 3 aromatic rings. The van der Waals surface area contributed by atoms with Gasteiger partial charge in [0.2, 0.25) is 5.91 Å².